The molecule has 0 bridgehead atoms. The number of nitrogens with one attached hydrogen (secondary N) is 1. The Labute approximate surface area is 169 Å². The van der Waals surface area contributed by atoms with E-state index in [-0.39, 0.29) is 42.2 Å². The molecule has 0 radical (unpaired) electrons. The summed E-state index contributed by atoms with van der Waals surface area (Å²) in [4.78, 5) is 30.6. The number of carbonyl (C=O) groups excluding carboxylic acids is 1. The van der Waals surface area contributed by atoms with Crippen molar-refractivity contribution >= 4 is 11.6 Å². The Morgan fingerprint density at radius 2 is 2.07 bits per heavy atom. The number of hydroxylamine groups is 2. The lowest BCUT2D eigenvalue weighted by molar-refractivity contribution is -0.152. The number of hydrogen-bond donors (Lipinski definition) is 2. The lowest BCUT2D eigenvalue weighted by Gasteiger charge is -2.36. The molecule has 0 aliphatic carbocycles. The normalized spacial score (nSPS) is 16.0. The second kappa shape index (κ2) is 8.76. The Kier molecular flexibility index (Phi) is 6.32. The average Bonchev–Trinajstić information content (AvgIpc) is 2.68. The van der Waals surface area contributed by atoms with E-state index in [9.17, 15) is 22.8 Å². The van der Waals surface area contributed by atoms with Crippen molar-refractivity contribution in [3.63, 3.8) is 0 Å². The summed E-state index contributed by atoms with van der Waals surface area (Å²) in [5.41, 5.74) is 0.758. The van der Waals surface area contributed by atoms with Gasteiger partial charge in [-0.15, -0.1) is 0 Å². The third-order valence-electron chi connectivity index (χ3n) is 4.66. The highest BCUT2D eigenvalue weighted by Gasteiger charge is 2.36. The maximum Gasteiger partial charge on any atom is 0.387 e. The molecule has 1 aliphatic heterocycles. The van der Waals surface area contributed by atoms with Crippen LogP contribution in [0, 0.1) is 12.7 Å². The maximum atomic E-state index is 14.4. The van der Waals surface area contributed by atoms with Crippen LogP contribution in [0.2, 0.25) is 0 Å². The van der Waals surface area contributed by atoms with Gasteiger partial charge in [0.1, 0.15) is 17.7 Å². The van der Waals surface area contributed by atoms with E-state index in [1.807, 2.05) is 0 Å². The molecule has 1 amide bonds. The molecule has 162 valence electrons. The molecular weight excluding hydrogens is 407 g/mol. The van der Waals surface area contributed by atoms with E-state index in [2.05, 4.69) is 10.1 Å². The Bertz CT molecular complexity index is 1010. The van der Waals surface area contributed by atoms with E-state index >= 15 is 0 Å². The van der Waals surface area contributed by atoms with Crippen molar-refractivity contribution in [1.29, 1.82) is 0 Å². The number of nitrogens with zero attached hydrogens (tertiary/aromatic N) is 2. The monoisotopic (exact) mass is 427 g/mol. The van der Waals surface area contributed by atoms with Gasteiger partial charge in [-0.25, -0.2) is 4.39 Å². The third-order valence-corrected chi connectivity index (χ3v) is 4.66. The molecule has 2 aromatic rings. The van der Waals surface area contributed by atoms with Gasteiger partial charge in [0.2, 0.25) is 0 Å². The van der Waals surface area contributed by atoms with Gasteiger partial charge in [0, 0.05) is 31.3 Å². The van der Waals surface area contributed by atoms with Gasteiger partial charge in [-0.1, -0.05) is 0 Å². The zero-order valence-corrected chi connectivity index (χ0v) is 16.2. The van der Waals surface area contributed by atoms with Gasteiger partial charge in [0.15, 0.2) is 0 Å². The number of halogens is 3. The number of aliphatic hydroxyl groups is 1. The average molecular weight is 427 g/mol. The Morgan fingerprint density at radius 1 is 1.33 bits per heavy atom. The van der Waals surface area contributed by atoms with Gasteiger partial charge in [0.25, 0.3) is 11.5 Å². The quantitative estimate of drug-likeness (QED) is 0.700. The molecular formula is C19H20F3N3O5. The second-order valence-electron chi connectivity index (χ2n) is 6.63. The molecule has 0 fully saturated rings. The first-order valence-corrected chi connectivity index (χ1v) is 9.00. The van der Waals surface area contributed by atoms with Crippen molar-refractivity contribution in [2.24, 2.45) is 7.05 Å². The number of pyridine rings is 1. The van der Waals surface area contributed by atoms with Crippen LogP contribution in [0.3, 0.4) is 0 Å². The Balaban J connectivity index is 1.95. The SMILES string of the molecule is Cc1c2c(cn(C)c1=O)C(=O)N(OCCO)C(Nc1ccc(OC(F)F)cc1F)C2. The number of anilines is 1. The molecule has 8 nitrogen and oxygen atoms in total. The van der Waals surface area contributed by atoms with Crippen molar-refractivity contribution in [3.8, 4) is 5.75 Å². The van der Waals surface area contributed by atoms with E-state index in [1.54, 1.807) is 6.92 Å². The zero-order chi connectivity index (χ0) is 22.0. The number of alkyl halides is 2. The van der Waals surface area contributed by atoms with Crippen LogP contribution in [0.5, 0.6) is 5.75 Å². The molecule has 1 atom stereocenters. The van der Waals surface area contributed by atoms with Gasteiger partial charge in [-0.05, 0) is 24.6 Å². The van der Waals surface area contributed by atoms with Crippen LogP contribution in [-0.4, -0.2) is 46.6 Å². The number of carbonyl (C=O) groups is 1. The summed E-state index contributed by atoms with van der Waals surface area (Å²) in [6.07, 6.45) is 0.595. The van der Waals surface area contributed by atoms with Crippen molar-refractivity contribution in [2.75, 3.05) is 18.5 Å². The number of amides is 1. The molecule has 0 saturated heterocycles. The van der Waals surface area contributed by atoms with Crippen LogP contribution in [0.25, 0.3) is 0 Å². The van der Waals surface area contributed by atoms with Crippen LogP contribution in [0.15, 0.2) is 29.2 Å². The molecule has 0 saturated carbocycles. The van der Waals surface area contributed by atoms with Crippen molar-refractivity contribution in [1.82, 2.24) is 9.63 Å². The predicted molar refractivity (Wildman–Crippen MR) is 99.8 cm³/mol. The highest BCUT2D eigenvalue weighted by atomic mass is 19.3. The summed E-state index contributed by atoms with van der Waals surface area (Å²) < 4.78 is 44.5. The number of aromatic nitrogens is 1. The summed E-state index contributed by atoms with van der Waals surface area (Å²) in [7, 11) is 1.52. The van der Waals surface area contributed by atoms with Crippen LogP contribution >= 0.6 is 0 Å². The summed E-state index contributed by atoms with van der Waals surface area (Å²) >= 11 is 0. The summed E-state index contributed by atoms with van der Waals surface area (Å²) in [5.74, 6) is -1.81. The number of aliphatic hydroxyl groups excluding tert-OH is 1. The zero-order valence-electron chi connectivity index (χ0n) is 16.2. The smallest absolute Gasteiger partial charge is 0.387 e. The van der Waals surface area contributed by atoms with Crippen molar-refractivity contribution in [3.05, 3.63) is 57.3 Å². The Morgan fingerprint density at radius 3 is 2.70 bits per heavy atom. The molecule has 1 aromatic heterocycles. The summed E-state index contributed by atoms with van der Waals surface area (Å²) in [5, 5.41) is 12.8. The minimum atomic E-state index is -3.09. The lowest BCUT2D eigenvalue weighted by atomic mass is 9.95. The van der Waals surface area contributed by atoms with E-state index in [0.717, 1.165) is 17.2 Å². The fourth-order valence-corrected chi connectivity index (χ4v) is 3.28. The fourth-order valence-electron chi connectivity index (χ4n) is 3.28. The number of fused-ring (bicyclic) bond motifs is 1. The van der Waals surface area contributed by atoms with Gasteiger partial charge in [-0.2, -0.15) is 13.8 Å². The Hall–Kier alpha value is -3.05. The van der Waals surface area contributed by atoms with E-state index in [1.165, 1.54) is 23.9 Å². The van der Waals surface area contributed by atoms with Gasteiger partial charge < -0.3 is 19.7 Å². The van der Waals surface area contributed by atoms with Gasteiger partial charge >= 0.3 is 6.61 Å². The number of rotatable bonds is 7. The van der Waals surface area contributed by atoms with Gasteiger partial charge in [-0.3, -0.25) is 14.4 Å². The second-order valence-corrected chi connectivity index (χ2v) is 6.63. The molecule has 0 spiro atoms. The lowest BCUT2D eigenvalue weighted by Crippen LogP contribution is -2.51. The molecule has 2 N–H and O–H groups in total. The highest BCUT2D eigenvalue weighted by molar-refractivity contribution is 5.96. The van der Waals surface area contributed by atoms with E-state index in [0.29, 0.717) is 11.1 Å². The summed E-state index contributed by atoms with van der Waals surface area (Å²) in [6.45, 7) is -2.05. The standard InChI is InChI=1S/C19H20F3N3O5/c1-10-12-8-16(23-15-4-3-11(7-14(15)20)30-19(21)22)25(29-6-5-26)18(28)13(12)9-24(2)17(10)27/h3-4,7,9,16,19,23,26H,5-6,8H2,1-2H3. The first-order chi connectivity index (χ1) is 14.2. The first-order valence-electron chi connectivity index (χ1n) is 9.00. The van der Waals surface area contributed by atoms with Crippen molar-refractivity contribution in [2.45, 2.75) is 26.1 Å². The number of aryl methyl sites for hydroxylation is 1. The van der Waals surface area contributed by atoms with Crippen molar-refractivity contribution < 1.29 is 32.6 Å². The van der Waals surface area contributed by atoms with Gasteiger partial charge in [0.05, 0.1) is 24.5 Å². The van der Waals surface area contributed by atoms with Crippen LogP contribution in [0.4, 0.5) is 18.9 Å². The number of benzene rings is 1. The van der Waals surface area contributed by atoms with Crippen LogP contribution in [-0.2, 0) is 18.3 Å². The first kappa shape index (κ1) is 21.7. The van der Waals surface area contributed by atoms with E-state index < -0.39 is 24.5 Å². The molecule has 1 aromatic carbocycles. The minimum absolute atomic E-state index is 0.0862. The molecule has 30 heavy (non-hydrogen) atoms. The topological polar surface area (TPSA) is 93.0 Å². The third kappa shape index (κ3) is 4.26. The van der Waals surface area contributed by atoms with Crippen LogP contribution in [0.1, 0.15) is 21.5 Å². The molecule has 3 rings (SSSR count). The number of ether oxygens (including phenoxy) is 1. The predicted octanol–water partition coefficient (Wildman–Crippen LogP) is 1.79. The number of hydrogen-bond acceptors (Lipinski definition) is 6. The largest absolute Gasteiger partial charge is 0.435 e. The molecule has 11 heteroatoms. The van der Waals surface area contributed by atoms with E-state index in [4.69, 9.17) is 9.94 Å². The fraction of sp³-hybridized carbons (Fsp3) is 0.368. The highest BCUT2D eigenvalue weighted by Crippen LogP contribution is 2.28. The molecule has 2 heterocycles. The maximum absolute atomic E-state index is 14.4. The summed E-state index contributed by atoms with van der Waals surface area (Å²) in [6, 6.07) is 3.12. The van der Waals surface area contributed by atoms with Crippen LogP contribution < -0.4 is 15.6 Å². The molecule has 1 unspecified atom stereocenters. The molecule has 1 aliphatic rings. The minimum Gasteiger partial charge on any atom is -0.435 e.